The molecule has 3 aliphatic rings. The van der Waals surface area contributed by atoms with E-state index in [9.17, 15) is 9.59 Å². The Morgan fingerprint density at radius 3 is 2.69 bits per heavy atom. The second-order valence-electron chi connectivity index (χ2n) is 12.1. The van der Waals surface area contributed by atoms with E-state index in [0.717, 1.165) is 60.6 Å². The molecule has 3 heterocycles. The number of benzene rings is 2. The summed E-state index contributed by atoms with van der Waals surface area (Å²) in [5.41, 5.74) is 1.51. The number of nitrogens with zero attached hydrogens (tertiary/aromatic N) is 1. The zero-order chi connectivity index (χ0) is 27.8. The molecule has 0 radical (unpaired) electrons. The Labute approximate surface area is 244 Å². The highest BCUT2D eigenvalue weighted by atomic mass is 79.9. The van der Waals surface area contributed by atoms with Gasteiger partial charge >= 0.3 is 0 Å². The monoisotopic (exact) mass is 616 g/mol. The third-order valence-corrected chi connectivity index (χ3v) is 8.89. The first-order valence-electron chi connectivity index (χ1n) is 13.8. The molecule has 2 aromatic carbocycles. The zero-order valence-electron chi connectivity index (χ0n) is 22.9. The van der Waals surface area contributed by atoms with Crippen LogP contribution in [0.15, 0.2) is 46.9 Å². The van der Waals surface area contributed by atoms with Gasteiger partial charge in [-0.2, -0.15) is 0 Å². The van der Waals surface area contributed by atoms with Crippen molar-refractivity contribution >= 4 is 45.0 Å². The molecular weight excluding hydrogens is 580 g/mol. The maximum atomic E-state index is 14.2. The molecule has 7 nitrogen and oxygen atoms in total. The van der Waals surface area contributed by atoms with Crippen LogP contribution in [0.1, 0.15) is 50.7 Å². The first kappa shape index (κ1) is 28.6. The summed E-state index contributed by atoms with van der Waals surface area (Å²) in [6.07, 6.45) is 1.58. The summed E-state index contributed by atoms with van der Waals surface area (Å²) < 4.78 is 6.35. The van der Waals surface area contributed by atoms with E-state index >= 15 is 0 Å². The van der Waals surface area contributed by atoms with Crippen molar-refractivity contribution in [3.8, 4) is 0 Å². The maximum Gasteiger partial charge on any atom is 0.237 e. The second-order valence-corrected chi connectivity index (χ2v) is 13.5. The largest absolute Gasteiger partial charge is 0.379 e. The number of carbonyl (C=O) groups is 2. The number of rotatable bonds is 7. The standard InChI is InChI=1S/C30H38BrClN4O3/c1-29(2,3)18-24-30(22-9-8-21(32)17-23(22)34-28(30)38)25(19-6-4-7-20(31)16-19)26(35-24)27(37)33-10-5-11-36-12-14-39-15-13-36/h4,6-9,16-17,24-26,35H,5,10-15,18H2,1-3H3,(H,33,37)(H,34,38)/t24-,25+,26-,30+/m1/s1. The van der Waals surface area contributed by atoms with E-state index < -0.39 is 17.4 Å². The van der Waals surface area contributed by atoms with Crippen molar-refractivity contribution in [2.75, 3.05) is 44.7 Å². The third-order valence-electron chi connectivity index (χ3n) is 8.17. The number of hydrogen-bond donors (Lipinski definition) is 3. The molecule has 9 heteroatoms. The van der Waals surface area contributed by atoms with Crippen molar-refractivity contribution in [1.82, 2.24) is 15.5 Å². The van der Waals surface area contributed by atoms with Crippen molar-refractivity contribution in [1.29, 1.82) is 0 Å². The third kappa shape index (κ3) is 5.77. The summed E-state index contributed by atoms with van der Waals surface area (Å²) in [6, 6.07) is 12.8. The lowest BCUT2D eigenvalue weighted by Gasteiger charge is -2.37. The molecule has 0 unspecified atom stereocenters. The fraction of sp³-hybridized carbons (Fsp3) is 0.533. The Morgan fingerprint density at radius 1 is 1.21 bits per heavy atom. The van der Waals surface area contributed by atoms with Gasteiger partial charge in [-0.05, 0) is 60.2 Å². The molecule has 4 atom stereocenters. The fourth-order valence-corrected chi connectivity index (χ4v) is 7.16. The van der Waals surface area contributed by atoms with E-state index in [1.807, 2.05) is 42.5 Å². The maximum absolute atomic E-state index is 14.2. The van der Waals surface area contributed by atoms with Crippen LogP contribution in [0.3, 0.4) is 0 Å². The molecule has 0 saturated carbocycles. The molecule has 2 fully saturated rings. The summed E-state index contributed by atoms with van der Waals surface area (Å²) in [5.74, 6) is -0.578. The molecule has 2 saturated heterocycles. The minimum Gasteiger partial charge on any atom is -0.379 e. The van der Waals surface area contributed by atoms with Gasteiger partial charge in [0.05, 0.1) is 19.3 Å². The van der Waals surface area contributed by atoms with Gasteiger partial charge < -0.3 is 20.7 Å². The molecule has 0 aliphatic carbocycles. The SMILES string of the molecule is CC(C)(C)C[C@H]1N[C@@H](C(=O)NCCCN2CCOCC2)[C@H](c2cccc(Br)c2)[C@@]12C(=O)Nc1cc(Cl)ccc12. The van der Waals surface area contributed by atoms with Gasteiger partial charge in [0, 0.05) is 46.8 Å². The molecular formula is C30H38BrClN4O3. The van der Waals surface area contributed by atoms with Gasteiger partial charge in [-0.3, -0.25) is 14.5 Å². The van der Waals surface area contributed by atoms with Crippen LogP contribution in [0.2, 0.25) is 5.02 Å². The fourth-order valence-electron chi connectivity index (χ4n) is 6.57. The van der Waals surface area contributed by atoms with Crippen LogP contribution in [0.25, 0.3) is 0 Å². The first-order chi connectivity index (χ1) is 18.6. The Bertz CT molecular complexity index is 1230. The number of nitrogens with one attached hydrogen (secondary N) is 3. The van der Waals surface area contributed by atoms with Crippen LogP contribution in [-0.2, 0) is 19.7 Å². The number of fused-ring (bicyclic) bond motifs is 2. The van der Waals surface area contributed by atoms with Crippen LogP contribution in [0.4, 0.5) is 5.69 Å². The van der Waals surface area contributed by atoms with E-state index in [0.29, 0.717) is 18.0 Å². The minimum absolute atomic E-state index is 0.0760. The highest BCUT2D eigenvalue weighted by Crippen LogP contribution is 2.56. The topological polar surface area (TPSA) is 82.7 Å². The molecule has 5 rings (SSSR count). The van der Waals surface area contributed by atoms with Crippen LogP contribution >= 0.6 is 27.5 Å². The Balaban J connectivity index is 1.50. The number of hydrogen-bond acceptors (Lipinski definition) is 5. The van der Waals surface area contributed by atoms with Crippen molar-refractivity contribution in [3.63, 3.8) is 0 Å². The number of carbonyl (C=O) groups excluding carboxylic acids is 2. The van der Waals surface area contributed by atoms with Crippen LogP contribution in [0.5, 0.6) is 0 Å². The first-order valence-corrected chi connectivity index (χ1v) is 15.0. The normalized spacial score (nSPS) is 27.0. The number of amides is 2. The number of morpholine rings is 1. The van der Waals surface area contributed by atoms with E-state index in [1.165, 1.54) is 0 Å². The zero-order valence-corrected chi connectivity index (χ0v) is 25.2. The molecule has 2 amide bonds. The molecule has 1 spiro atoms. The van der Waals surface area contributed by atoms with Crippen molar-refractivity contribution in [2.24, 2.45) is 5.41 Å². The van der Waals surface area contributed by atoms with Crippen molar-refractivity contribution < 1.29 is 14.3 Å². The van der Waals surface area contributed by atoms with Gasteiger partial charge in [-0.1, -0.05) is 66.5 Å². The van der Waals surface area contributed by atoms with Crippen LogP contribution < -0.4 is 16.0 Å². The highest BCUT2D eigenvalue weighted by Gasteiger charge is 2.65. The molecule has 39 heavy (non-hydrogen) atoms. The van der Waals surface area contributed by atoms with Crippen molar-refractivity contribution in [3.05, 3.63) is 63.1 Å². The molecule has 3 aliphatic heterocycles. The lowest BCUT2D eigenvalue weighted by atomic mass is 9.62. The predicted octanol–water partition coefficient (Wildman–Crippen LogP) is 4.69. The van der Waals surface area contributed by atoms with Gasteiger partial charge in [-0.15, -0.1) is 0 Å². The summed E-state index contributed by atoms with van der Waals surface area (Å²) in [6.45, 7) is 11.4. The molecule has 3 N–H and O–H groups in total. The highest BCUT2D eigenvalue weighted by molar-refractivity contribution is 9.10. The number of anilines is 1. The smallest absolute Gasteiger partial charge is 0.237 e. The average Bonchev–Trinajstić information content (AvgIpc) is 3.36. The number of halogens is 2. The van der Waals surface area contributed by atoms with Gasteiger partial charge in [0.2, 0.25) is 11.8 Å². The van der Waals surface area contributed by atoms with Gasteiger partial charge in [-0.25, -0.2) is 0 Å². The van der Waals surface area contributed by atoms with E-state index in [4.69, 9.17) is 16.3 Å². The quantitative estimate of drug-likeness (QED) is 0.393. The predicted molar refractivity (Wildman–Crippen MR) is 158 cm³/mol. The summed E-state index contributed by atoms with van der Waals surface area (Å²) in [5, 5.41) is 10.6. The minimum atomic E-state index is -0.968. The van der Waals surface area contributed by atoms with Crippen LogP contribution in [0, 0.1) is 5.41 Å². The van der Waals surface area contributed by atoms with Gasteiger partial charge in [0.15, 0.2) is 0 Å². The lowest BCUT2D eigenvalue weighted by molar-refractivity contribution is -0.123. The average molecular weight is 618 g/mol. The van der Waals surface area contributed by atoms with Crippen molar-refractivity contribution in [2.45, 2.75) is 57.0 Å². The second kappa shape index (κ2) is 11.5. The van der Waals surface area contributed by atoms with Crippen LogP contribution in [-0.4, -0.2) is 68.2 Å². The summed E-state index contributed by atoms with van der Waals surface area (Å²) >= 11 is 9.96. The van der Waals surface area contributed by atoms with E-state index in [1.54, 1.807) is 0 Å². The Morgan fingerprint density at radius 2 is 1.97 bits per heavy atom. The summed E-state index contributed by atoms with van der Waals surface area (Å²) in [7, 11) is 0. The summed E-state index contributed by atoms with van der Waals surface area (Å²) in [4.78, 5) is 30.5. The Kier molecular flexibility index (Phi) is 8.41. The Hall–Kier alpha value is -1.97. The van der Waals surface area contributed by atoms with E-state index in [2.05, 4.69) is 57.6 Å². The molecule has 2 aromatic rings. The van der Waals surface area contributed by atoms with E-state index in [-0.39, 0.29) is 23.3 Å². The van der Waals surface area contributed by atoms with Gasteiger partial charge in [0.1, 0.15) is 5.41 Å². The molecule has 210 valence electrons. The van der Waals surface area contributed by atoms with Gasteiger partial charge in [0.25, 0.3) is 0 Å². The molecule has 0 aromatic heterocycles. The lowest BCUT2D eigenvalue weighted by Crippen LogP contribution is -2.49. The number of ether oxygens (including phenoxy) is 1. The molecule has 0 bridgehead atoms.